The minimum absolute atomic E-state index is 0.181. The largest absolute Gasteiger partial charge is 0.492 e. The molecule has 0 saturated carbocycles. The molecule has 2 aliphatic rings. The van der Waals surface area contributed by atoms with Crippen molar-refractivity contribution < 1.29 is 24.2 Å². The molecule has 8 nitrogen and oxygen atoms in total. The van der Waals surface area contributed by atoms with E-state index >= 15 is 0 Å². The van der Waals surface area contributed by atoms with Gasteiger partial charge in [-0.05, 0) is 30.5 Å². The molecule has 0 spiro atoms. The van der Waals surface area contributed by atoms with Crippen molar-refractivity contribution in [3.63, 3.8) is 0 Å². The molecular formula is C20H25FN4O4. The third-order valence-corrected chi connectivity index (χ3v) is 5.46. The number of hydrogen-bond donors (Lipinski definition) is 2. The number of anilines is 1. The molecule has 156 valence electrons. The average Bonchev–Trinajstić information content (AvgIpc) is 3.36. The number of aromatic nitrogens is 1. The lowest BCUT2D eigenvalue weighted by molar-refractivity contribution is 0.0555. The van der Waals surface area contributed by atoms with Gasteiger partial charge in [0.05, 0.1) is 5.69 Å². The second-order valence-corrected chi connectivity index (χ2v) is 7.44. The number of halogens is 1. The number of carbonyl (C=O) groups excluding carboxylic acids is 1. The van der Waals surface area contributed by atoms with E-state index in [9.17, 15) is 19.4 Å². The van der Waals surface area contributed by atoms with Crippen molar-refractivity contribution in [2.24, 2.45) is 0 Å². The van der Waals surface area contributed by atoms with E-state index in [0.717, 1.165) is 31.5 Å². The molecular weight excluding hydrogens is 379 g/mol. The summed E-state index contributed by atoms with van der Waals surface area (Å²) in [5.74, 6) is -0.876. The van der Waals surface area contributed by atoms with Crippen LogP contribution in [0.3, 0.4) is 0 Å². The van der Waals surface area contributed by atoms with Gasteiger partial charge in [0.15, 0.2) is 0 Å². The molecule has 2 aliphatic heterocycles. The number of aromatic hydroxyl groups is 2. The van der Waals surface area contributed by atoms with Gasteiger partial charge in [-0.15, -0.1) is 4.73 Å². The third kappa shape index (κ3) is 4.24. The molecule has 4 rings (SSSR count). The molecule has 0 aliphatic carbocycles. The van der Waals surface area contributed by atoms with Crippen LogP contribution in [-0.4, -0.2) is 70.1 Å². The van der Waals surface area contributed by atoms with Crippen LogP contribution in [0.4, 0.5) is 14.9 Å². The summed E-state index contributed by atoms with van der Waals surface area (Å²) in [6, 6.07) is 7.75. The number of nitrogens with zero attached hydrogens (tertiary/aromatic N) is 4. The number of hydrogen-bond acceptors (Lipinski definition) is 6. The van der Waals surface area contributed by atoms with Crippen LogP contribution >= 0.6 is 0 Å². The summed E-state index contributed by atoms with van der Waals surface area (Å²) < 4.78 is 14.9. The van der Waals surface area contributed by atoms with Crippen molar-refractivity contribution in [1.29, 1.82) is 0 Å². The van der Waals surface area contributed by atoms with Crippen molar-refractivity contribution in [3.8, 4) is 11.8 Å². The van der Waals surface area contributed by atoms with E-state index in [4.69, 9.17) is 4.84 Å². The van der Waals surface area contributed by atoms with Gasteiger partial charge in [-0.25, -0.2) is 9.18 Å². The van der Waals surface area contributed by atoms with Crippen LogP contribution in [0.1, 0.15) is 18.4 Å². The molecule has 1 amide bonds. The van der Waals surface area contributed by atoms with E-state index < -0.39 is 6.09 Å². The van der Waals surface area contributed by atoms with E-state index in [2.05, 4.69) is 9.80 Å². The van der Waals surface area contributed by atoms with Crippen molar-refractivity contribution in [2.75, 3.05) is 44.2 Å². The first kappa shape index (κ1) is 19.4. The maximum atomic E-state index is 14.2. The Hall–Kier alpha value is -2.94. The highest BCUT2D eigenvalue weighted by atomic mass is 19.1. The highest BCUT2D eigenvalue weighted by molar-refractivity contribution is 5.68. The Morgan fingerprint density at radius 3 is 2.28 bits per heavy atom. The van der Waals surface area contributed by atoms with Crippen LogP contribution in [0.25, 0.3) is 0 Å². The zero-order valence-electron chi connectivity index (χ0n) is 16.1. The zero-order chi connectivity index (χ0) is 20.4. The second-order valence-electron chi connectivity index (χ2n) is 7.44. The molecule has 1 aromatic carbocycles. The molecule has 2 N–H and O–H groups in total. The van der Waals surface area contributed by atoms with Gasteiger partial charge in [-0.1, -0.05) is 6.07 Å². The lowest BCUT2D eigenvalue weighted by atomic mass is 10.1. The first-order chi connectivity index (χ1) is 14.0. The highest BCUT2D eigenvalue weighted by Crippen LogP contribution is 2.25. The molecule has 1 aromatic heterocycles. The minimum atomic E-state index is -0.635. The Bertz CT molecular complexity index is 854. The molecule has 9 heteroatoms. The maximum absolute atomic E-state index is 14.2. The van der Waals surface area contributed by atoms with Crippen molar-refractivity contribution in [3.05, 3.63) is 41.7 Å². The topological polar surface area (TPSA) is 81.4 Å². The van der Waals surface area contributed by atoms with Gasteiger partial charge in [-0.3, -0.25) is 4.90 Å². The van der Waals surface area contributed by atoms with Crippen LogP contribution in [0.5, 0.6) is 11.8 Å². The van der Waals surface area contributed by atoms with Crippen LogP contribution < -0.4 is 9.74 Å². The maximum Gasteiger partial charge on any atom is 0.434 e. The first-order valence-corrected chi connectivity index (χ1v) is 9.84. The first-order valence-electron chi connectivity index (χ1n) is 9.84. The predicted octanol–water partition coefficient (Wildman–Crippen LogP) is 2.00. The predicted molar refractivity (Wildman–Crippen MR) is 104 cm³/mol. The third-order valence-electron chi connectivity index (χ3n) is 5.46. The molecule has 0 radical (unpaired) electrons. The van der Waals surface area contributed by atoms with Gasteiger partial charge >= 0.3 is 6.09 Å². The number of rotatable bonds is 4. The molecule has 3 heterocycles. The molecule has 2 saturated heterocycles. The Labute approximate surface area is 168 Å². The average molecular weight is 404 g/mol. The number of amides is 1. The van der Waals surface area contributed by atoms with E-state index in [1.807, 2.05) is 12.1 Å². The number of benzene rings is 1. The Morgan fingerprint density at radius 1 is 0.966 bits per heavy atom. The zero-order valence-corrected chi connectivity index (χ0v) is 16.1. The monoisotopic (exact) mass is 404 g/mol. The summed E-state index contributed by atoms with van der Waals surface area (Å²) in [5.41, 5.74) is 1.72. The van der Waals surface area contributed by atoms with Crippen LogP contribution in [0.15, 0.2) is 30.3 Å². The fourth-order valence-corrected chi connectivity index (χ4v) is 3.83. The van der Waals surface area contributed by atoms with Crippen molar-refractivity contribution in [2.45, 2.75) is 19.4 Å². The summed E-state index contributed by atoms with van der Waals surface area (Å²) in [6.07, 6.45) is 1.56. The normalized spacial score (nSPS) is 17.7. The van der Waals surface area contributed by atoms with E-state index in [1.54, 1.807) is 0 Å². The minimum Gasteiger partial charge on any atom is -0.492 e. The standard InChI is InChI=1S/C20H25FN4O4/c21-16-4-3-15(13-17(16)23-7-1-2-8-23)14-22-9-11-24(12-10-22)20(28)29-25-18(26)5-6-19(25)27/h3-6,13,26-27H,1-2,7-12,14H2. The number of piperazine rings is 1. The molecule has 2 aromatic rings. The van der Waals surface area contributed by atoms with Crippen LogP contribution in [0, 0.1) is 5.82 Å². The summed E-state index contributed by atoms with van der Waals surface area (Å²) in [7, 11) is 0. The van der Waals surface area contributed by atoms with Gasteiger partial charge in [-0.2, -0.15) is 0 Å². The summed E-state index contributed by atoms with van der Waals surface area (Å²) >= 11 is 0. The molecule has 0 bridgehead atoms. The fraction of sp³-hybridized carbons (Fsp3) is 0.450. The SMILES string of the molecule is O=C(On1c(O)ccc1O)N1CCN(Cc2ccc(F)c(N3CCCC3)c2)CC1. The number of carbonyl (C=O) groups is 1. The molecule has 0 atom stereocenters. The van der Waals surface area contributed by atoms with E-state index in [1.165, 1.54) is 23.1 Å². The van der Waals surface area contributed by atoms with Crippen molar-refractivity contribution in [1.82, 2.24) is 14.5 Å². The van der Waals surface area contributed by atoms with Gasteiger partial charge in [0, 0.05) is 57.9 Å². The molecule has 29 heavy (non-hydrogen) atoms. The van der Waals surface area contributed by atoms with Gasteiger partial charge in [0.25, 0.3) is 0 Å². The lowest BCUT2D eigenvalue weighted by Crippen LogP contribution is -2.50. The smallest absolute Gasteiger partial charge is 0.434 e. The molecule has 0 unspecified atom stereocenters. The summed E-state index contributed by atoms with van der Waals surface area (Å²) in [6.45, 7) is 4.69. The van der Waals surface area contributed by atoms with Crippen LogP contribution in [-0.2, 0) is 6.54 Å². The van der Waals surface area contributed by atoms with E-state index in [-0.39, 0.29) is 17.6 Å². The van der Waals surface area contributed by atoms with Crippen LogP contribution in [0.2, 0.25) is 0 Å². The molecule has 2 fully saturated rings. The fourth-order valence-electron chi connectivity index (χ4n) is 3.83. The Balaban J connectivity index is 1.32. The summed E-state index contributed by atoms with van der Waals surface area (Å²) in [5, 5.41) is 19.1. The van der Waals surface area contributed by atoms with Gasteiger partial charge in [0.1, 0.15) is 5.82 Å². The van der Waals surface area contributed by atoms with Gasteiger partial charge < -0.3 is 24.9 Å². The quantitative estimate of drug-likeness (QED) is 0.811. The second kappa shape index (κ2) is 8.20. The van der Waals surface area contributed by atoms with E-state index in [0.29, 0.717) is 43.1 Å². The summed E-state index contributed by atoms with van der Waals surface area (Å²) in [4.78, 5) is 23.1. The van der Waals surface area contributed by atoms with Crippen molar-refractivity contribution >= 4 is 11.8 Å². The van der Waals surface area contributed by atoms with Gasteiger partial charge in [0.2, 0.25) is 11.8 Å². The Morgan fingerprint density at radius 2 is 1.62 bits per heavy atom. The highest BCUT2D eigenvalue weighted by Gasteiger charge is 2.25. The lowest BCUT2D eigenvalue weighted by Gasteiger charge is -2.34. The Kier molecular flexibility index (Phi) is 5.48.